The molecule has 0 amide bonds. The van der Waals surface area contributed by atoms with Crippen LogP contribution >= 0.6 is 0 Å². The van der Waals surface area contributed by atoms with Crippen LogP contribution in [0.2, 0.25) is 0 Å². The molecule has 21 heavy (non-hydrogen) atoms. The van der Waals surface area contributed by atoms with E-state index in [-0.39, 0.29) is 18.0 Å². The average molecular weight is 311 g/mol. The molecule has 3 rings (SSSR count). The fourth-order valence-corrected chi connectivity index (χ4v) is 4.10. The number of fused-ring (bicyclic) bond motifs is 1. The molecule has 0 radical (unpaired) electrons. The Hall–Kier alpha value is -0.950. The van der Waals surface area contributed by atoms with E-state index in [2.05, 4.69) is 4.72 Å². The van der Waals surface area contributed by atoms with Gasteiger partial charge in [0, 0.05) is 19.6 Å². The van der Waals surface area contributed by atoms with Crippen molar-refractivity contribution in [3.8, 4) is 0 Å². The Balaban J connectivity index is 1.75. The summed E-state index contributed by atoms with van der Waals surface area (Å²) in [5, 5.41) is 10.1. The fourth-order valence-electron chi connectivity index (χ4n) is 2.93. The van der Waals surface area contributed by atoms with Gasteiger partial charge in [0.25, 0.3) is 0 Å². The number of benzene rings is 1. The predicted octanol–water partition coefficient (Wildman–Crippen LogP) is 0.995. The molecule has 2 N–H and O–H groups in total. The van der Waals surface area contributed by atoms with Crippen LogP contribution in [-0.2, 0) is 27.6 Å². The summed E-state index contributed by atoms with van der Waals surface area (Å²) < 4.78 is 32.3. The molecule has 1 aliphatic heterocycles. The zero-order valence-corrected chi connectivity index (χ0v) is 12.8. The smallest absolute Gasteiger partial charge is 0.240 e. The fraction of sp³-hybridized carbons (Fsp3) is 0.600. The second-order valence-corrected chi connectivity index (χ2v) is 7.76. The molecule has 1 aromatic carbocycles. The Morgan fingerprint density at radius 2 is 2.00 bits per heavy atom. The third-order valence-corrected chi connectivity index (χ3v) is 5.70. The molecule has 5 nitrogen and oxygen atoms in total. The van der Waals surface area contributed by atoms with Crippen molar-refractivity contribution in [3.05, 3.63) is 29.3 Å². The maximum Gasteiger partial charge on any atom is 0.240 e. The van der Waals surface area contributed by atoms with E-state index in [1.807, 2.05) is 6.07 Å². The van der Waals surface area contributed by atoms with Gasteiger partial charge in [-0.3, -0.25) is 0 Å². The van der Waals surface area contributed by atoms with E-state index in [4.69, 9.17) is 4.74 Å². The SMILES string of the molecule is O=S(=O)(NCC1(O)CCOC1)c1ccc2c(c1)CCCC2. The first-order valence-corrected chi connectivity index (χ1v) is 8.89. The Labute approximate surface area is 125 Å². The van der Waals surface area contributed by atoms with Crippen molar-refractivity contribution in [1.82, 2.24) is 4.72 Å². The van der Waals surface area contributed by atoms with Gasteiger partial charge in [-0.2, -0.15) is 0 Å². The molecular weight excluding hydrogens is 290 g/mol. The summed E-state index contributed by atoms with van der Waals surface area (Å²) in [6.45, 7) is 0.642. The molecule has 0 spiro atoms. The van der Waals surface area contributed by atoms with Crippen LogP contribution in [0.4, 0.5) is 0 Å². The van der Waals surface area contributed by atoms with Gasteiger partial charge >= 0.3 is 0 Å². The lowest BCUT2D eigenvalue weighted by atomic mass is 9.92. The molecule has 2 aliphatic rings. The van der Waals surface area contributed by atoms with Gasteiger partial charge in [0.2, 0.25) is 10.0 Å². The summed E-state index contributed by atoms with van der Waals surface area (Å²) in [5.74, 6) is 0. The molecule has 1 atom stereocenters. The zero-order chi connectivity index (χ0) is 14.9. The molecule has 1 unspecified atom stereocenters. The van der Waals surface area contributed by atoms with Gasteiger partial charge in [0.1, 0.15) is 5.60 Å². The molecule has 1 saturated heterocycles. The maximum absolute atomic E-state index is 12.4. The highest BCUT2D eigenvalue weighted by Gasteiger charge is 2.33. The number of rotatable bonds is 4. The van der Waals surface area contributed by atoms with Crippen molar-refractivity contribution in [1.29, 1.82) is 0 Å². The normalized spacial score (nSPS) is 25.8. The van der Waals surface area contributed by atoms with E-state index in [1.165, 1.54) is 12.0 Å². The Bertz CT molecular complexity index is 621. The number of ether oxygens (including phenoxy) is 1. The lowest BCUT2D eigenvalue weighted by molar-refractivity contribution is 0.0314. The first-order valence-electron chi connectivity index (χ1n) is 7.40. The lowest BCUT2D eigenvalue weighted by Gasteiger charge is -2.21. The molecule has 0 aromatic heterocycles. The Morgan fingerprint density at radius 3 is 2.71 bits per heavy atom. The van der Waals surface area contributed by atoms with Crippen molar-refractivity contribution < 1.29 is 18.3 Å². The van der Waals surface area contributed by atoms with Gasteiger partial charge in [0.05, 0.1) is 11.5 Å². The number of hydrogen-bond acceptors (Lipinski definition) is 4. The van der Waals surface area contributed by atoms with Crippen molar-refractivity contribution in [2.24, 2.45) is 0 Å². The molecule has 0 bridgehead atoms. The van der Waals surface area contributed by atoms with Crippen molar-refractivity contribution >= 4 is 10.0 Å². The van der Waals surface area contributed by atoms with Crippen molar-refractivity contribution in [3.63, 3.8) is 0 Å². The van der Waals surface area contributed by atoms with Crippen LogP contribution in [0.5, 0.6) is 0 Å². The van der Waals surface area contributed by atoms with Crippen LogP contribution < -0.4 is 4.72 Å². The van der Waals surface area contributed by atoms with Gasteiger partial charge < -0.3 is 9.84 Å². The van der Waals surface area contributed by atoms with Gasteiger partial charge in [-0.25, -0.2) is 13.1 Å². The van der Waals surface area contributed by atoms with Gasteiger partial charge in [0.15, 0.2) is 0 Å². The van der Waals surface area contributed by atoms with Crippen LogP contribution in [0.25, 0.3) is 0 Å². The average Bonchev–Trinajstić information content (AvgIpc) is 2.92. The van der Waals surface area contributed by atoms with Crippen LogP contribution in [0.15, 0.2) is 23.1 Å². The van der Waals surface area contributed by atoms with Crippen LogP contribution in [-0.4, -0.2) is 38.9 Å². The van der Waals surface area contributed by atoms with E-state index in [0.717, 1.165) is 24.8 Å². The quantitative estimate of drug-likeness (QED) is 0.870. The number of aryl methyl sites for hydroxylation is 2. The second kappa shape index (κ2) is 5.68. The largest absolute Gasteiger partial charge is 0.386 e. The van der Waals surface area contributed by atoms with E-state index in [0.29, 0.717) is 13.0 Å². The minimum absolute atomic E-state index is 0.00752. The Kier molecular flexibility index (Phi) is 4.05. The molecule has 1 heterocycles. The highest BCUT2D eigenvalue weighted by molar-refractivity contribution is 7.89. The summed E-state index contributed by atoms with van der Waals surface area (Å²) >= 11 is 0. The van der Waals surface area contributed by atoms with Crippen LogP contribution in [0.3, 0.4) is 0 Å². The highest BCUT2D eigenvalue weighted by atomic mass is 32.2. The highest BCUT2D eigenvalue weighted by Crippen LogP contribution is 2.24. The summed E-state index contributed by atoms with van der Waals surface area (Å²) in [4.78, 5) is 0.283. The number of aliphatic hydroxyl groups is 1. The molecular formula is C15H21NO4S. The van der Waals surface area contributed by atoms with E-state index in [9.17, 15) is 13.5 Å². The zero-order valence-electron chi connectivity index (χ0n) is 12.0. The first-order chi connectivity index (χ1) is 9.99. The topological polar surface area (TPSA) is 75.6 Å². The van der Waals surface area contributed by atoms with Gasteiger partial charge in [-0.15, -0.1) is 0 Å². The summed E-state index contributed by atoms with van der Waals surface area (Å²) in [7, 11) is -3.58. The Morgan fingerprint density at radius 1 is 1.24 bits per heavy atom. The van der Waals surface area contributed by atoms with Gasteiger partial charge in [-0.1, -0.05) is 6.07 Å². The van der Waals surface area contributed by atoms with E-state index < -0.39 is 15.6 Å². The third kappa shape index (κ3) is 3.29. The first kappa shape index (κ1) is 15.0. The van der Waals surface area contributed by atoms with Crippen LogP contribution in [0.1, 0.15) is 30.4 Å². The number of hydrogen-bond donors (Lipinski definition) is 2. The summed E-state index contributed by atoms with van der Waals surface area (Å²) in [6.07, 6.45) is 4.71. The van der Waals surface area contributed by atoms with Crippen LogP contribution in [0, 0.1) is 0 Å². The minimum atomic E-state index is -3.58. The van der Waals surface area contributed by atoms with Crippen molar-refractivity contribution in [2.75, 3.05) is 19.8 Å². The molecule has 0 saturated carbocycles. The maximum atomic E-state index is 12.4. The standard InChI is InChI=1S/C15H21NO4S/c17-15(7-8-20-11-15)10-16-21(18,19)14-6-5-12-3-1-2-4-13(12)9-14/h5-6,9,16-17H,1-4,7-8,10-11H2. The molecule has 1 aromatic rings. The molecule has 116 valence electrons. The van der Waals surface area contributed by atoms with E-state index in [1.54, 1.807) is 12.1 Å². The predicted molar refractivity (Wildman–Crippen MR) is 78.7 cm³/mol. The summed E-state index contributed by atoms with van der Waals surface area (Å²) in [5.41, 5.74) is 1.30. The number of nitrogens with one attached hydrogen (secondary N) is 1. The third-order valence-electron chi connectivity index (χ3n) is 4.30. The van der Waals surface area contributed by atoms with Crippen molar-refractivity contribution in [2.45, 2.75) is 42.6 Å². The second-order valence-electron chi connectivity index (χ2n) is 5.99. The molecule has 1 aliphatic carbocycles. The van der Waals surface area contributed by atoms with Gasteiger partial charge in [-0.05, 0) is 48.9 Å². The monoisotopic (exact) mass is 311 g/mol. The lowest BCUT2D eigenvalue weighted by Crippen LogP contribution is -2.43. The minimum Gasteiger partial charge on any atom is -0.386 e. The number of sulfonamides is 1. The summed E-state index contributed by atoms with van der Waals surface area (Å²) in [6, 6.07) is 5.34. The molecule has 1 fully saturated rings. The molecule has 6 heteroatoms. The van der Waals surface area contributed by atoms with E-state index >= 15 is 0 Å².